The summed E-state index contributed by atoms with van der Waals surface area (Å²) < 4.78 is 0. The van der Waals surface area contributed by atoms with Gasteiger partial charge >= 0.3 is 0 Å². The van der Waals surface area contributed by atoms with Crippen LogP contribution in [0.4, 0.5) is 0 Å². The number of hydrogen-bond donors (Lipinski definition) is 1. The predicted molar refractivity (Wildman–Crippen MR) is 79.5 cm³/mol. The Bertz CT molecular complexity index is 281. The molecule has 2 bridgehead atoms. The van der Waals surface area contributed by atoms with E-state index in [0.717, 1.165) is 32.5 Å². The molecule has 0 aromatic heterocycles. The van der Waals surface area contributed by atoms with E-state index in [1.807, 2.05) is 0 Å². The van der Waals surface area contributed by atoms with E-state index in [-0.39, 0.29) is 12.4 Å². The molecule has 3 heterocycles. The summed E-state index contributed by atoms with van der Waals surface area (Å²) in [6, 6.07) is 0.568. The maximum absolute atomic E-state index is 12.7. The lowest BCUT2D eigenvalue weighted by Gasteiger charge is -2.27. The van der Waals surface area contributed by atoms with Crippen LogP contribution in [0, 0.1) is 11.8 Å². The fourth-order valence-electron chi connectivity index (χ4n) is 3.90. The quantitative estimate of drug-likeness (QED) is 0.752. The number of halogens is 1. The van der Waals surface area contributed by atoms with E-state index >= 15 is 0 Å². The van der Waals surface area contributed by atoms with Crippen molar-refractivity contribution >= 4 is 18.3 Å². The molecule has 1 saturated carbocycles. The zero-order valence-corrected chi connectivity index (χ0v) is 12.6. The Hall–Kier alpha value is -0.280. The van der Waals surface area contributed by atoms with Gasteiger partial charge in [0.15, 0.2) is 0 Å². The molecule has 4 rings (SSSR count). The summed E-state index contributed by atoms with van der Waals surface area (Å²) >= 11 is 0. The monoisotopic (exact) mass is 286 g/mol. The number of carbonyl (C=O) groups is 1. The Labute approximate surface area is 122 Å². The minimum Gasteiger partial charge on any atom is -0.341 e. The molecule has 4 heteroatoms. The van der Waals surface area contributed by atoms with E-state index in [1.165, 1.54) is 38.5 Å². The molecule has 1 aliphatic carbocycles. The van der Waals surface area contributed by atoms with Gasteiger partial charge in [0.1, 0.15) is 0 Å². The van der Waals surface area contributed by atoms with Crippen LogP contribution in [-0.2, 0) is 4.79 Å². The van der Waals surface area contributed by atoms with Crippen LogP contribution >= 0.6 is 12.4 Å². The molecule has 19 heavy (non-hydrogen) atoms. The lowest BCUT2D eigenvalue weighted by molar-refractivity contribution is -0.136. The maximum Gasteiger partial charge on any atom is 0.225 e. The molecule has 1 amide bonds. The van der Waals surface area contributed by atoms with Crippen LogP contribution in [0.5, 0.6) is 0 Å². The number of nitrogens with zero attached hydrogens (tertiary/aromatic N) is 1. The Kier molecular flexibility index (Phi) is 5.52. The second-order valence-corrected chi connectivity index (χ2v) is 6.48. The SMILES string of the molecule is Cl.O=C(C1CCCCCC1)N1C[C@H]2CC[C@@H](C1)NC2. The number of hydrogen-bond acceptors (Lipinski definition) is 2. The van der Waals surface area contributed by atoms with Gasteiger partial charge < -0.3 is 10.2 Å². The van der Waals surface area contributed by atoms with Crippen LogP contribution in [-0.4, -0.2) is 36.5 Å². The van der Waals surface area contributed by atoms with Gasteiger partial charge in [-0.2, -0.15) is 0 Å². The number of rotatable bonds is 1. The summed E-state index contributed by atoms with van der Waals surface area (Å²) in [5, 5.41) is 3.59. The van der Waals surface area contributed by atoms with E-state index in [4.69, 9.17) is 0 Å². The topological polar surface area (TPSA) is 32.3 Å². The van der Waals surface area contributed by atoms with Gasteiger partial charge in [-0.05, 0) is 38.1 Å². The van der Waals surface area contributed by atoms with Crippen LogP contribution in [0.25, 0.3) is 0 Å². The first-order valence-corrected chi connectivity index (χ1v) is 7.85. The molecule has 1 N–H and O–H groups in total. The molecule has 0 aromatic rings. The third-order valence-corrected chi connectivity index (χ3v) is 5.05. The van der Waals surface area contributed by atoms with Gasteiger partial charge in [0.2, 0.25) is 5.91 Å². The van der Waals surface area contributed by atoms with E-state index in [0.29, 0.717) is 23.8 Å². The van der Waals surface area contributed by atoms with Crippen molar-refractivity contribution in [1.29, 1.82) is 0 Å². The van der Waals surface area contributed by atoms with E-state index < -0.39 is 0 Å². The summed E-state index contributed by atoms with van der Waals surface area (Å²) in [4.78, 5) is 14.9. The molecule has 3 nitrogen and oxygen atoms in total. The van der Waals surface area contributed by atoms with Gasteiger partial charge in [-0.3, -0.25) is 4.79 Å². The summed E-state index contributed by atoms with van der Waals surface area (Å²) in [6.07, 6.45) is 10.0. The van der Waals surface area contributed by atoms with Gasteiger partial charge in [0.25, 0.3) is 0 Å². The Morgan fingerprint density at radius 3 is 2.32 bits per heavy atom. The molecule has 3 saturated heterocycles. The highest BCUT2D eigenvalue weighted by atomic mass is 35.5. The zero-order valence-electron chi connectivity index (χ0n) is 11.8. The van der Waals surface area contributed by atoms with Crippen LogP contribution in [0.15, 0.2) is 0 Å². The van der Waals surface area contributed by atoms with Gasteiger partial charge in [-0.25, -0.2) is 0 Å². The first-order valence-electron chi connectivity index (χ1n) is 7.85. The Morgan fingerprint density at radius 2 is 1.68 bits per heavy atom. The van der Waals surface area contributed by atoms with Crippen molar-refractivity contribution < 1.29 is 4.79 Å². The molecule has 4 fully saturated rings. The van der Waals surface area contributed by atoms with Crippen LogP contribution < -0.4 is 5.32 Å². The van der Waals surface area contributed by atoms with Gasteiger partial charge in [-0.15, -0.1) is 12.4 Å². The lowest BCUT2D eigenvalue weighted by atomic mass is 9.97. The second kappa shape index (κ2) is 6.94. The summed E-state index contributed by atoms with van der Waals surface area (Å²) in [5.74, 6) is 1.51. The van der Waals surface area contributed by atoms with Gasteiger partial charge in [0.05, 0.1) is 0 Å². The lowest BCUT2D eigenvalue weighted by Crippen LogP contribution is -2.42. The van der Waals surface area contributed by atoms with E-state index in [9.17, 15) is 4.79 Å². The fourth-order valence-corrected chi connectivity index (χ4v) is 3.90. The first-order chi connectivity index (χ1) is 8.83. The van der Waals surface area contributed by atoms with Crippen molar-refractivity contribution in [1.82, 2.24) is 10.2 Å². The Balaban J connectivity index is 0.00000133. The second-order valence-electron chi connectivity index (χ2n) is 6.48. The average molecular weight is 287 g/mol. The number of nitrogens with one attached hydrogen (secondary N) is 1. The maximum atomic E-state index is 12.7. The molecule has 0 unspecified atom stereocenters. The molecular formula is C15H27ClN2O. The molecular weight excluding hydrogens is 260 g/mol. The normalized spacial score (nSPS) is 32.3. The average Bonchev–Trinajstić information content (AvgIpc) is 2.85. The summed E-state index contributed by atoms with van der Waals surface area (Å²) in [7, 11) is 0. The highest BCUT2D eigenvalue weighted by molar-refractivity contribution is 5.85. The Morgan fingerprint density at radius 1 is 0.947 bits per heavy atom. The van der Waals surface area contributed by atoms with Crippen LogP contribution in [0.2, 0.25) is 0 Å². The van der Waals surface area contributed by atoms with Crippen molar-refractivity contribution in [3.63, 3.8) is 0 Å². The van der Waals surface area contributed by atoms with Crippen LogP contribution in [0.3, 0.4) is 0 Å². The number of carbonyl (C=O) groups excluding carboxylic acids is 1. The largest absolute Gasteiger partial charge is 0.341 e. The fraction of sp³-hybridized carbons (Fsp3) is 0.933. The zero-order chi connectivity index (χ0) is 12.4. The minimum atomic E-state index is 0. The third-order valence-electron chi connectivity index (χ3n) is 5.05. The smallest absolute Gasteiger partial charge is 0.225 e. The van der Waals surface area contributed by atoms with E-state index in [1.54, 1.807) is 0 Å². The molecule has 3 aliphatic heterocycles. The van der Waals surface area contributed by atoms with Crippen molar-refractivity contribution in [2.24, 2.45) is 11.8 Å². The third kappa shape index (κ3) is 3.63. The number of fused-ring (bicyclic) bond motifs is 4. The first kappa shape index (κ1) is 15.1. The summed E-state index contributed by atoms with van der Waals surface area (Å²) in [6.45, 7) is 3.10. The van der Waals surface area contributed by atoms with Crippen molar-refractivity contribution in [3.8, 4) is 0 Å². The van der Waals surface area contributed by atoms with Crippen molar-refractivity contribution in [3.05, 3.63) is 0 Å². The van der Waals surface area contributed by atoms with Crippen LogP contribution in [0.1, 0.15) is 51.4 Å². The van der Waals surface area contributed by atoms with E-state index in [2.05, 4.69) is 10.2 Å². The standard InChI is InChI=1S/C15H26N2O.ClH/c18-15(13-5-3-1-2-4-6-13)17-10-12-7-8-14(11-17)16-9-12;/h12-14,16H,1-11H2;1H/t12-,14-;/m0./s1. The summed E-state index contributed by atoms with van der Waals surface area (Å²) in [5.41, 5.74) is 0. The highest BCUT2D eigenvalue weighted by Gasteiger charge is 2.33. The highest BCUT2D eigenvalue weighted by Crippen LogP contribution is 2.27. The van der Waals surface area contributed by atoms with Crippen molar-refractivity contribution in [2.75, 3.05) is 19.6 Å². The number of piperidine rings is 1. The molecule has 110 valence electrons. The van der Waals surface area contributed by atoms with Crippen molar-refractivity contribution in [2.45, 2.75) is 57.4 Å². The van der Waals surface area contributed by atoms with Gasteiger partial charge in [0, 0.05) is 25.0 Å². The predicted octanol–water partition coefficient (Wildman–Crippen LogP) is 2.59. The molecule has 2 atom stereocenters. The molecule has 4 aliphatic rings. The number of amides is 1. The molecule has 0 radical (unpaired) electrons. The molecule has 0 aromatic carbocycles. The van der Waals surface area contributed by atoms with Gasteiger partial charge in [-0.1, -0.05) is 25.7 Å². The minimum absolute atomic E-state index is 0. The molecule has 0 spiro atoms.